The van der Waals surface area contributed by atoms with E-state index in [0.717, 1.165) is 6.42 Å². The highest BCUT2D eigenvalue weighted by Gasteiger charge is 2.21. The maximum Gasteiger partial charge on any atom is 0.234 e. The van der Waals surface area contributed by atoms with E-state index in [1.165, 1.54) is 12.8 Å². The van der Waals surface area contributed by atoms with Crippen molar-refractivity contribution < 1.29 is 9.90 Å². The molecule has 1 rings (SSSR count). The van der Waals surface area contributed by atoms with E-state index in [2.05, 4.69) is 24.5 Å². The Bertz CT molecular complexity index is 203. The van der Waals surface area contributed by atoms with Gasteiger partial charge in [0.05, 0.1) is 12.6 Å². The van der Waals surface area contributed by atoms with E-state index in [9.17, 15) is 9.90 Å². The van der Waals surface area contributed by atoms with Crippen LogP contribution >= 0.6 is 0 Å². The van der Waals surface area contributed by atoms with Crippen molar-refractivity contribution in [3.05, 3.63) is 0 Å². The zero-order valence-electron chi connectivity index (χ0n) is 9.62. The first kappa shape index (κ1) is 12.5. The molecule has 0 spiro atoms. The molecule has 88 valence electrons. The highest BCUT2D eigenvalue weighted by atomic mass is 16.3. The first-order chi connectivity index (χ1) is 7.08. The van der Waals surface area contributed by atoms with Gasteiger partial charge in [0, 0.05) is 12.6 Å². The molecule has 3 N–H and O–H groups in total. The Balaban J connectivity index is 1.99. The van der Waals surface area contributed by atoms with Gasteiger partial charge in [-0.25, -0.2) is 0 Å². The summed E-state index contributed by atoms with van der Waals surface area (Å²) in [6, 6.07) is 0.552. The fourth-order valence-electron chi connectivity index (χ4n) is 1.45. The molecule has 1 atom stereocenters. The van der Waals surface area contributed by atoms with Crippen molar-refractivity contribution in [2.75, 3.05) is 13.1 Å². The lowest BCUT2D eigenvalue weighted by atomic mass is 10.1. The number of carbonyl (C=O) groups is 1. The van der Waals surface area contributed by atoms with Gasteiger partial charge < -0.3 is 15.7 Å². The molecule has 0 bridgehead atoms. The third-order valence-corrected chi connectivity index (χ3v) is 2.41. The van der Waals surface area contributed by atoms with E-state index in [1.54, 1.807) is 0 Å². The van der Waals surface area contributed by atoms with Crippen LogP contribution < -0.4 is 10.6 Å². The van der Waals surface area contributed by atoms with Crippen LogP contribution in [-0.4, -0.2) is 36.2 Å². The topological polar surface area (TPSA) is 61.4 Å². The number of rotatable bonds is 7. The Labute approximate surface area is 91.4 Å². The van der Waals surface area contributed by atoms with Crippen LogP contribution in [0.15, 0.2) is 0 Å². The Kier molecular flexibility index (Phi) is 5.05. The van der Waals surface area contributed by atoms with Gasteiger partial charge in [-0.1, -0.05) is 13.8 Å². The van der Waals surface area contributed by atoms with Gasteiger partial charge in [-0.05, 0) is 25.2 Å². The summed E-state index contributed by atoms with van der Waals surface area (Å²) >= 11 is 0. The quantitative estimate of drug-likeness (QED) is 0.570. The van der Waals surface area contributed by atoms with Crippen molar-refractivity contribution in [1.29, 1.82) is 0 Å². The molecular formula is C11H22N2O2. The van der Waals surface area contributed by atoms with Crippen molar-refractivity contribution in [1.82, 2.24) is 10.6 Å². The van der Waals surface area contributed by atoms with E-state index in [1.807, 2.05) is 0 Å². The zero-order chi connectivity index (χ0) is 11.3. The summed E-state index contributed by atoms with van der Waals surface area (Å²) in [5.74, 6) is 0.436. The average molecular weight is 214 g/mol. The molecule has 0 aromatic carbocycles. The molecule has 4 nitrogen and oxygen atoms in total. The summed E-state index contributed by atoms with van der Waals surface area (Å²) < 4.78 is 0. The molecule has 1 aliphatic rings. The van der Waals surface area contributed by atoms with Crippen molar-refractivity contribution in [2.24, 2.45) is 5.92 Å². The first-order valence-corrected chi connectivity index (χ1v) is 5.76. The van der Waals surface area contributed by atoms with Gasteiger partial charge in [-0.3, -0.25) is 4.79 Å². The van der Waals surface area contributed by atoms with E-state index in [-0.39, 0.29) is 5.91 Å². The zero-order valence-corrected chi connectivity index (χ0v) is 9.62. The van der Waals surface area contributed by atoms with Crippen LogP contribution in [0.5, 0.6) is 0 Å². The molecule has 4 heteroatoms. The highest BCUT2D eigenvalue weighted by Crippen LogP contribution is 2.17. The number of amides is 1. The number of nitrogens with one attached hydrogen (secondary N) is 2. The van der Waals surface area contributed by atoms with Gasteiger partial charge in [0.1, 0.15) is 0 Å². The van der Waals surface area contributed by atoms with Crippen LogP contribution in [0.3, 0.4) is 0 Å². The molecule has 1 unspecified atom stereocenters. The number of hydrogen-bond donors (Lipinski definition) is 3. The predicted molar refractivity (Wildman–Crippen MR) is 59.5 cm³/mol. The molecule has 0 radical (unpaired) electrons. The normalized spacial score (nSPS) is 17.9. The lowest BCUT2D eigenvalue weighted by Gasteiger charge is -2.13. The molecule has 0 aromatic rings. The van der Waals surface area contributed by atoms with Crippen LogP contribution in [0.2, 0.25) is 0 Å². The number of aliphatic hydroxyl groups excluding tert-OH is 1. The molecule has 0 heterocycles. The lowest BCUT2D eigenvalue weighted by molar-refractivity contribution is -0.120. The molecule has 0 saturated heterocycles. The predicted octanol–water partition coefficient (Wildman–Crippen LogP) is 0.262. The van der Waals surface area contributed by atoms with Gasteiger partial charge in [0.2, 0.25) is 5.91 Å². The van der Waals surface area contributed by atoms with Crippen LogP contribution in [-0.2, 0) is 4.79 Å². The second kappa shape index (κ2) is 6.08. The molecule has 1 aliphatic carbocycles. The SMILES string of the molecule is CC(C)CC(O)CNC(=O)CNC1CC1. The molecule has 1 amide bonds. The minimum Gasteiger partial charge on any atom is -0.391 e. The van der Waals surface area contributed by atoms with Gasteiger partial charge in [0.25, 0.3) is 0 Å². The van der Waals surface area contributed by atoms with Crippen LogP contribution in [0, 0.1) is 5.92 Å². The standard InChI is InChI=1S/C11H22N2O2/c1-8(2)5-10(14)6-13-11(15)7-12-9-3-4-9/h8-10,12,14H,3-7H2,1-2H3,(H,13,15). The molecule has 0 aliphatic heterocycles. The van der Waals surface area contributed by atoms with Gasteiger partial charge >= 0.3 is 0 Å². The minimum absolute atomic E-state index is 0.0234. The largest absolute Gasteiger partial charge is 0.391 e. The Hall–Kier alpha value is -0.610. The molecular weight excluding hydrogens is 192 g/mol. The third-order valence-electron chi connectivity index (χ3n) is 2.41. The van der Waals surface area contributed by atoms with Crippen molar-refractivity contribution in [3.8, 4) is 0 Å². The molecule has 15 heavy (non-hydrogen) atoms. The van der Waals surface area contributed by atoms with Gasteiger partial charge in [-0.15, -0.1) is 0 Å². The third kappa shape index (κ3) is 6.47. The van der Waals surface area contributed by atoms with Crippen molar-refractivity contribution in [3.63, 3.8) is 0 Å². The van der Waals surface area contributed by atoms with Gasteiger partial charge in [0.15, 0.2) is 0 Å². The fourth-order valence-corrected chi connectivity index (χ4v) is 1.45. The average Bonchev–Trinajstić information content (AvgIpc) is 2.93. The smallest absolute Gasteiger partial charge is 0.234 e. The van der Waals surface area contributed by atoms with E-state index >= 15 is 0 Å². The van der Waals surface area contributed by atoms with Crippen LogP contribution in [0.25, 0.3) is 0 Å². The molecule has 1 saturated carbocycles. The maximum atomic E-state index is 11.3. The van der Waals surface area contributed by atoms with Crippen LogP contribution in [0.1, 0.15) is 33.1 Å². The van der Waals surface area contributed by atoms with Crippen molar-refractivity contribution in [2.45, 2.75) is 45.3 Å². The highest BCUT2D eigenvalue weighted by molar-refractivity contribution is 5.78. The summed E-state index contributed by atoms with van der Waals surface area (Å²) in [6.07, 6.45) is 2.68. The summed E-state index contributed by atoms with van der Waals surface area (Å²) in [4.78, 5) is 11.3. The van der Waals surface area contributed by atoms with Crippen molar-refractivity contribution >= 4 is 5.91 Å². The van der Waals surface area contributed by atoms with E-state index in [0.29, 0.717) is 25.0 Å². The summed E-state index contributed by atoms with van der Waals surface area (Å²) in [6.45, 7) is 4.85. The van der Waals surface area contributed by atoms with Crippen LogP contribution in [0.4, 0.5) is 0 Å². The second-order valence-electron chi connectivity index (χ2n) is 4.74. The number of hydrogen-bond acceptors (Lipinski definition) is 3. The number of carbonyl (C=O) groups excluding carboxylic acids is 1. The minimum atomic E-state index is -0.421. The molecule has 0 aromatic heterocycles. The summed E-state index contributed by atoms with van der Waals surface area (Å²) in [5, 5.41) is 15.4. The Morgan fingerprint density at radius 3 is 2.67 bits per heavy atom. The first-order valence-electron chi connectivity index (χ1n) is 5.76. The Morgan fingerprint density at radius 2 is 2.13 bits per heavy atom. The summed E-state index contributed by atoms with van der Waals surface area (Å²) in [7, 11) is 0. The number of aliphatic hydroxyl groups is 1. The Morgan fingerprint density at radius 1 is 1.47 bits per heavy atom. The summed E-state index contributed by atoms with van der Waals surface area (Å²) in [5.41, 5.74) is 0. The monoisotopic (exact) mass is 214 g/mol. The molecule has 1 fully saturated rings. The van der Waals surface area contributed by atoms with Gasteiger partial charge in [-0.2, -0.15) is 0 Å². The van der Waals surface area contributed by atoms with E-state index < -0.39 is 6.10 Å². The maximum absolute atomic E-state index is 11.3. The lowest BCUT2D eigenvalue weighted by Crippen LogP contribution is -2.39. The second-order valence-corrected chi connectivity index (χ2v) is 4.74. The fraction of sp³-hybridized carbons (Fsp3) is 0.909. The van der Waals surface area contributed by atoms with E-state index in [4.69, 9.17) is 0 Å².